The Bertz CT molecular complexity index is 599. The molecule has 0 amide bonds. The Hall–Kier alpha value is -0.710. The average Bonchev–Trinajstić information content (AvgIpc) is 2.37. The van der Waals surface area contributed by atoms with Crippen molar-refractivity contribution in [2.75, 3.05) is 0 Å². The monoisotopic (exact) mass is 385 g/mol. The molecule has 2 N–H and O–H groups in total. The molecule has 0 fully saturated rings. The van der Waals surface area contributed by atoms with Gasteiger partial charge in [0, 0.05) is 15.0 Å². The molecule has 0 saturated heterocycles. The Morgan fingerprint density at radius 1 is 1.11 bits per heavy atom. The van der Waals surface area contributed by atoms with Crippen LogP contribution in [0.5, 0.6) is 0 Å². The molecule has 2 aromatic carbocycles. The lowest BCUT2D eigenvalue weighted by molar-refractivity contribution is 0.621. The van der Waals surface area contributed by atoms with E-state index in [1.54, 1.807) is 6.07 Å². The van der Waals surface area contributed by atoms with Gasteiger partial charge in [0.25, 0.3) is 0 Å². The molecular formula is C15H14Br2FN. The maximum absolute atomic E-state index is 13.2. The molecule has 1 nitrogen and oxygen atoms in total. The summed E-state index contributed by atoms with van der Waals surface area (Å²) in [5, 5.41) is 0. The highest BCUT2D eigenvalue weighted by Gasteiger charge is 2.11. The molecule has 1 unspecified atom stereocenters. The third kappa shape index (κ3) is 3.65. The quantitative estimate of drug-likeness (QED) is 0.797. The van der Waals surface area contributed by atoms with E-state index in [4.69, 9.17) is 5.73 Å². The van der Waals surface area contributed by atoms with Gasteiger partial charge in [-0.25, -0.2) is 4.39 Å². The predicted octanol–water partition coefficient (Wildman–Crippen LogP) is 4.90. The minimum absolute atomic E-state index is 0.157. The number of aryl methyl sites for hydroxylation is 1. The summed E-state index contributed by atoms with van der Waals surface area (Å²) in [6.45, 7) is 2.03. The second kappa shape index (κ2) is 6.16. The molecule has 0 radical (unpaired) electrons. The van der Waals surface area contributed by atoms with Gasteiger partial charge in [-0.2, -0.15) is 0 Å². The molecule has 0 spiro atoms. The fourth-order valence-electron chi connectivity index (χ4n) is 1.89. The van der Waals surface area contributed by atoms with Crippen molar-refractivity contribution < 1.29 is 4.39 Å². The summed E-state index contributed by atoms with van der Waals surface area (Å²) in [5.74, 6) is -0.240. The van der Waals surface area contributed by atoms with Crippen molar-refractivity contribution in [3.63, 3.8) is 0 Å². The largest absolute Gasteiger partial charge is 0.324 e. The highest BCUT2D eigenvalue weighted by Crippen LogP contribution is 2.26. The van der Waals surface area contributed by atoms with Crippen LogP contribution in [-0.4, -0.2) is 0 Å². The van der Waals surface area contributed by atoms with Crippen LogP contribution < -0.4 is 5.73 Å². The minimum Gasteiger partial charge on any atom is -0.324 e. The van der Waals surface area contributed by atoms with E-state index in [1.807, 2.05) is 25.1 Å². The van der Waals surface area contributed by atoms with E-state index in [0.29, 0.717) is 6.42 Å². The Morgan fingerprint density at radius 2 is 1.84 bits per heavy atom. The van der Waals surface area contributed by atoms with Gasteiger partial charge in [-0.05, 0) is 54.3 Å². The van der Waals surface area contributed by atoms with E-state index in [-0.39, 0.29) is 11.9 Å². The summed E-state index contributed by atoms with van der Waals surface area (Å²) in [6, 6.07) is 10.6. The topological polar surface area (TPSA) is 26.0 Å². The van der Waals surface area contributed by atoms with Gasteiger partial charge in [0.1, 0.15) is 5.82 Å². The standard InChI is InChI=1S/C15H14Br2FN/c1-9-2-3-10(7-14(9)17)15(19)8-11-6-12(18)4-5-13(11)16/h2-7,15H,8,19H2,1H3. The van der Waals surface area contributed by atoms with Gasteiger partial charge in [0.15, 0.2) is 0 Å². The van der Waals surface area contributed by atoms with E-state index in [2.05, 4.69) is 31.9 Å². The van der Waals surface area contributed by atoms with Crippen LogP contribution in [-0.2, 0) is 6.42 Å². The molecule has 0 aliphatic carbocycles. The molecule has 100 valence electrons. The van der Waals surface area contributed by atoms with E-state index in [9.17, 15) is 4.39 Å². The normalized spacial score (nSPS) is 12.5. The third-order valence-electron chi connectivity index (χ3n) is 3.07. The van der Waals surface area contributed by atoms with Crippen LogP contribution in [0, 0.1) is 12.7 Å². The van der Waals surface area contributed by atoms with Crippen LogP contribution in [0.1, 0.15) is 22.7 Å². The van der Waals surface area contributed by atoms with Gasteiger partial charge in [-0.15, -0.1) is 0 Å². The number of rotatable bonds is 3. The Kier molecular flexibility index (Phi) is 4.76. The Balaban J connectivity index is 2.22. The van der Waals surface area contributed by atoms with Crippen LogP contribution in [0.15, 0.2) is 45.3 Å². The molecule has 2 aromatic rings. The lowest BCUT2D eigenvalue weighted by Gasteiger charge is -2.14. The van der Waals surface area contributed by atoms with E-state index < -0.39 is 0 Å². The van der Waals surface area contributed by atoms with Crippen molar-refractivity contribution in [2.24, 2.45) is 5.73 Å². The number of nitrogens with two attached hydrogens (primary N) is 1. The van der Waals surface area contributed by atoms with Crippen LogP contribution in [0.4, 0.5) is 4.39 Å². The zero-order valence-corrected chi connectivity index (χ0v) is 13.6. The Labute approximate surface area is 129 Å². The molecule has 0 aliphatic heterocycles. The maximum Gasteiger partial charge on any atom is 0.123 e. The molecule has 0 heterocycles. The summed E-state index contributed by atoms with van der Waals surface area (Å²) in [5.41, 5.74) is 9.28. The van der Waals surface area contributed by atoms with Gasteiger partial charge < -0.3 is 5.73 Å². The SMILES string of the molecule is Cc1ccc(C(N)Cc2cc(F)ccc2Br)cc1Br. The number of hydrogen-bond donors (Lipinski definition) is 1. The summed E-state index contributed by atoms with van der Waals surface area (Å²) >= 11 is 6.93. The predicted molar refractivity (Wildman–Crippen MR) is 83.6 cm³/mol. The average molecular weight is 387 g/mol. The molecule has 19 heavy (non-hydrogen) atoms. The molecular weight excluding hydrogens is 373 g/mol. The Morgan fingerprint density at radius 3 is 2.53 bits per heavy atom. The van der Waals surface area contributed by atoms with Crippen molar-refractivity contribution in [3.05, 3.63) is 67.9 Å². The minimum atomic E-state index is -0.240. The lowest BCUT2D eigenvalue weighted by atomic mass is 9.99. The van der Waals surface area contributed by atoms with Crippen LogP contribution in [0.25, 0.3) is 0 Å². The molecule has 1 atom stereocenters. The smallest absolute Gasteiger partial charge is 0.123 e. The second-order valence-corrected chi connectivity index (χ2v) is 6.26. The van der Waals surface area contributed by atoms with Crippen molar-refractivity contribution in [1.82, 2.24) is 0 Å². The fraction of sp³-hybridized carbons (Fsp3) is 0.200. The summed E-state index contributed by atoms with van der Waals surface area (Å²) < 4.78 is 15.2. The fourth-order valence-corrected chi connectivity index (χ4v) is 2.70. The van der Waals surface area contributed by atoms with Gasteiger partial charge >= 0.3 is 0 Å². The maximum atomic E-state index is 13.2. The first-order valence-corrected chi connectivity index (χ1v) is 7.51. The van der Waals surface area contributed by atoms with Gasteiger partial charge in [-0.3, -0.25) is 0 Å². The van der Waals surface area contributed by atoms with Crippen LogP contribution in [0.3, 0.4) is 0 Å². The first-order valence-electron chi connectivity index (χ1n) is 5.93. The lowest BCUT2D eigenvalue weighted by Crippen LogP contribution is -2.14. The van der Waals surface area contributed by atoms with E-state index in [0.717, 1.165) is 20.1 Å². The van der Waals surface area contributed by atoms with Crippen molar-refractivity contribution >= 4 is 31.9 Å². The highest BCUT2D eigenvalue weighted by atomic mass is 79.9. The number of hydrogen-bond acceptors (Lipinski definition) is 1. The number of benzene rings is 2. The number of halogens is 3. The molecule has 0 aromatic heterocycles. The molecule has 2 rings (SSSR count). The zero-order chi connectivity index (χ0) is 14.0. The van der Waals surface area contributed by atoms with Gasteiger partial charge in [0.05, 0.1) is 0 Å². The van der Waals surface area contributed by atoms with Crippen LogP contribution in [0.2, 0.25) is 0 Å². The van der Waals surface area contributed by atoms with E-state index >= 15 is 0 Å². The van der Waals surface area contributed by atoms with Gasteiger partial charge in [0.2, 0.25) is 0 Å². The third-order valence-corrected chi connectivity index (χ3v) is 4.70. The van der Waals surface area contributed by atoms with E-state index in [1.165, 1.54) is 17.7 Å². The van der Waals surface area contributed by atoms with Crippen molar-refractivity contribution in [2.45, 2.75) is 19.4 Å². The molecule has 4 heteroatoms. The first kappa shape index (κ1) is 14.7. The molecule has 0 aliphatic rings. The molecule has 0 saturated carbocycles. The summed E-state index contributed by atoms with van der Waals surface area (Å²) in [7, 11) is 0. The van der Waals surface area contributed by atoms with Crippen molar-refractivity contribution in [3.8, 4) is 0 Å². The summed E-state index contributed by atoms with van der Waals surface area (Å²) in [6.07, 6.45) is 0.591. The second-order valence-electron chi connectivity index (χ2n) is 4.55. The highest BCUT2D eigenvalue weighted by molar-refractivity contribution is 9.10. The van der Waals surface area contributed by atoms with Crippen molar-refractivity contribution in [1.29, 1.82) is 0 Å². The molecule has 0 bridgehead atoms. The summed E-state index contributed by atoms with van der Waals surface area (Å²) in [4.78, 5) is 0. The first-order chi connectivity index (χ1) is 8.97. The zero-order valence-electron chi connectivity index (χ0n) is 10.5. The van der Waals surface area contributed by atoms with Crippen LogP contribution >= 0.6 is 31.9 Å². The van der Waals surface area contributed by atoms with Gasteiger partial charge in [-0.1, -0.05) is 44.0 Å².